The molecule has 0 saturated heterocycles. The molecule has 3 rings (SSSR count). The van der Waals surface area contributed by atoms with E-state index >= 15 is 0 Å². The number of ether oxygens (including phenoxy) is 2. The third-order valence-electron chi connectivity index (χ3n) is 3.77. The average Bonchev–Trinajstić information content (AvgIpc) is 2.67. The lowest BCUT2D eigenvalue weighted by atomic mass is 10.2. The zero-order valence-electron chi connectivity index (χ0n) is 15.0. The molecule has 27 heavy (non-hydrogen) atoms. The van der Waals surface area contributed by atoms with Crippen LogP contribution < -0.4 is 14.2 Å². The van der Waals surface area contributed by atoms with E-state index in [0.717, 1.165) is 11.3 Å². The lowest BCUT2D eigenvalue weighted by molar-refractivity contribution is 0.322. The van der Waals surface area contributed by atoms with Crippen LogP contribution in [0.1, 0.15) is 5.56 Å². The Morgan fingerprint density at radius 3 is 2.19 bits per heavy atom. The van der Waals surface area contributed by atoms with Crippen LogP contribution in [0.15, 0.2) is 83.8 Å². The van der Waals surface area contributed by atoms with Gasteiger partial charge in [-0.05, 0) is 61.0 Å². The fourth-order valence-electron chi connectivity index (χ4n) is 2.44. The molecule has 0 saturated carbocycles. The third kappa shape index (κ3) is 5.57. The average molecular weight is 383 g/mol. The van der Waals surface area contributed by atoms with Crippen LogP contribution in [0.2, 0.25) is 0 Å². The first-order valence-corrected chi connectivity index (χ1v) is 10.0. The number of nitrogens with one attached hydrogen (secondary N) is 1. The monoisotopic (exact) mass is 383 g/mol. The van der Waals surface area contributed by atoms with Crippen LogP contribution in [0.25, 0.3) is 0 Å². The van der Waals surface area contributed by atoms with Crippen molar-refractivity contribution in [1.82, 2.24) is 4.72 Å². The Bertz CT molecular complexity index is 971. The Balaban J connectivity index is 1.53. The molecule has 0 unspecified atom stereocenters. The second-order valence-electron chi connectivity index (χ2n) is 5.95. The molecule has 0 aromatic heterocycles. The summed E-state index contributed by atoms with van der Waals surface area (Å²) >= 11 is 0. The highest BCUT2D eigenvalue weighted by Crippen LogP contribution is 2.22. The minimum Gasteiger partial charge on any atom is -0.492 e. The summed E-state index contributed by atoms with van der Waals surface area (Å²) in [4.78, 5) is 0.179. The summed E-state index contributed by atoms with van der Waals surface area (Å²) in [6, 6.07) is 23.2. The summed E-state index contributed by atoms with van der Waals surface area (Å²) in [5, 5.41) is 0. The van der Waals surface area contributed by atoms with Crippen molar-refractivity contribution in [3.8, 4) is 17.2 Å². The first-order chi connectivity index (χ1) is 13.0. The normalized spacial score (nSPS) is 11.1. The third-order valence-corrected chi connectivity index (χ3v) is 5.24. The van der Waals surface area contributed by atoms with E-state index < -0.39 is 10.0 Å². The van der Waals surface area contributed by atoms with E-state index in [9.17, 15) is 8.42 Å². The van der Waals surface area contributed by atoms with Crippen LogP contribution in [0, 0.1) is 6.92 Å². The predicted molar refractivity (Wildman–Crippen MR) is 105 cm³/mol. The van der Waals surface area contributed by atoms with Crippen molar-refractivity contribution in [2.24, 2.45) is 0 Å². The van der Waals surface area contributed by atoms with E-state index in [0.29, 0.717) is 11.5 Å². The van der Waals surface area contributed by atoms with Gasteiger partial charge in [0.2, 0.25) is 10.0 Å². The van der Waals surface area contributed by atoms with Crippen LogP contribution in [-0.2, 0) is 10.0 Å². The fraction of sp³-hybridized carbons (Fsp3) is 0.143. The minimum atomic E-state index is -3.60. The number of para-hydroxylation sites is 1. The fourth-order valence-corrected chi connectivity index (χ4v) is 3.46. The zero-order valence-corrected chi connectivity index (χ0v) is 15.8. The second kappa shape index (κ2) is 8.70. The van der Waals surface area contributed by atoms with Crippen LogP contribution in [-0.4, -0.2) is 21.6 Å². The maximum Gasteiger partial charge on any atom is 0.240 e. The highest BCUT2D eigenvalue weighted by molar-refractivity contribution is 7.89. The van der Waals surface area contributed by atoms with E-state index in [1.54, 1.807) is 12.1 Å². The molecule has 0 radical (unpaired) electrons. The van der Waals surface area contributed by atoms with Crippen molar-refractivity contribution in [1.29, 1.82) is 0 Å². The molecule has 5 nitrogen and oxygen atoms in total. The highest BCUT2D eigenvalue weighted by Gasteiger charge is 2.13. The molecule has 0 amide bonds. The van der Waals surface area contributed by atoms with Gasteiger partial charge in [-0.15, -0.1) is 0 Å². The highest BCUT2D eigenvalue weighted by atomic mass is 32.2. The zero-order chi connectivity index (χ0) is 19.1. The van der Waals surface area contributed by atoms with Crippen LogP contribution in [0.5, 0.6) is 17.2 Å². The number of rotatable bonds is 8. The lowest BCUT2D eigenvalue weighted by Gasteiger charge is -2.10. The van der Waals surface area contributed by atoms with Gasteiger partial charge in [-0.2, -0.15) is 0 Å². The topological polar surface area (TPSA) is 64.6 Å². The van der Waals surface area contributed by atoms with Crippen molar-refractivity contribution < 1.29 is 17.9 Å². The largest absolute Gasteiger partial charge is 0.492 e. The minimum absolute atomic E-state index is 0.179. The molecule has 1 N–H and O–H groups in total. The van der Waals surface area contributed by atoms with Gasteiger partial charge >= 0.3 is 0 Å². The molecule has 0 aliphatic rings. The number of hydrogen-bond donors (Lipinski definition) is 1. The van der Waals surface area contributed by atoms with Crippen molar-refractivity contribution in [3.63, 3.8) is 0 Å². The van der Waals surface area contributed by atoms with Gasteiger partial charge in [-0.3, -0.25) is 0 Å². The van der Waals surface area contributed by atoms with Crippen LogP contribution in [0.4, 0.5) is 0 Å². The summed E-state index contributed by atoms with van der Waals surface area (Å²) in [7, 11) is -3.60. The Morgan fingerprint density at radius 2 is 1.48 bits per heavy atom. The summed E-state index contributed by atoms with van der Waals surface area (Å²) in [5.74, 6) is 1.99. The smallest absolute Gasteiger partial charge is 0.240 e. The van der Waals surface area contributed by atoms with Crippen molar-refractivity contribution in [2.45, 2.75) is 11.8 Å². The molecular weight excluding hydrogens is 362 g/mol. The van der Waals surface area contributed by atoms with Gasteiger partial charge in [-0.25, -0.2) is 13.1 Å². The SMILES string of the molecule is Cc1cccc(OCCNS(=O)(=O)c2ccc(Oc3ccccc3)cc2)c1. The molecular formula is C21H21NO4S. The van der Waals surface area contributed by atoms with E-state index in [4.69, 9.17) is 9.47 Å². The summed E-state index contributed by atoms with van der Waals surface area (Å²) in [6.45, 7) is 2.40. The van der Waals surface area contributed by atoms with Crippen molar-refractivity contribution in [2.75, 3.05) is 13.2 Å². The van der Waals surface area contributed by atoms with Crippen molar-refractivity contribution >= 4 is 10.0 Å². The second-order valence-corrected chi connectivity index (χ2v) is 7.72. The first kappa shape index (κ1) is 18.9. The number of sulfonamides is 1. The number of aryl methyl sites for hydroxylation is 1. The van der Waals surface area contributed by atoms with Crippen LogP contribution >= 0.6 is 0 Å². The van der Waals surface area contributed by atoms with E-state index in [2.05, 4.69) is 4.72 Å². The molecule has 0 atom stereocenters. The quantitative estimate of drug-likeness (QED) is 0.594. The maximum absolute atomic E-state index is 12.4. The molecule has 0 aliphatic heterocycles. The Hall–Kier alpha value is -2.83. The molecule has 0 bridgehead atoms. The molecule has 0 aliphatic carbocycles. The van der Waals surface area contributed by atoms with E-state index in [1.165, 1.54) is 12.1 Å². The standard InChI is InChI=1S/C21H21NO4S/c1-17-6-5-9-20(16-17)25-15-14-22-27(23,24)21-12-10-19(11-13-21)26-18-7-3-2-4-8-18/h2-13,16,22H,14-15H2,1H3. The maximum atomic E-state index is 12.4. The van der Waals surface area contributed by atoms with Gasteiger partial charge < -0.3 is 9.47 Å². The number of hydrogen-bond acceptors (Lipinski definition) is 4. The summed E-state index contributed by atoms with van der Waals surface area (Å²) in [6.07, 6.45) is 0. The first-order valence-electron chi connectivity index (χ1n) is 8.55. The molecule has 0 heterocycles. The molecule has 0 spiro atoms. The molecule has 0 fully saturated rings. The Morgan fingerprint density at radius 1 is 0.815 bits per heavy atom. The van der Waals surface area contributed by atoms with Gasteiger partial charge in [0.25, 0.3) is 0 Å². The predicted octanol–water partition coefficient (Wildman–Crippen LogP) is 4.14. The van der Waals surface area contributed by atoms with Gasteiger partial charge in [0.05, 0.1) is 4.90 Å². The molecule has 3 aromatic carbocycles. The van der Waals surface area contributed by atoms with Gasteiger partial charge in [0, 0.05) is 6.54 Å². The number of benzene rings is 3. The molecule has 140 valence electrons. The van der Waals surface area contributed by atoms with E-state index in [-0.39, 0.29) is 18.0 Å². The van der Waals surface area contributed by atoms with E-state index in [1.807, 2.05) is 61.5 Å². The van der Waals surface area contributed by atoms with Gasteiger partial charge in [0.1, 0.15) is 23.9 Å². The lowest BCUT2D eigenvalue weighted by Crippen LogP contribution is -2.28. The molecule has 6 heteroatoms. The Kier molecular flexibility index (Phi) is 6.11. The van der Waals surface area contributed by atoms with Gasteiger partial charge in [-0.1, -0.05) is 30.3 Å². The van der Waals surface area contributed by atoms with Crippen LogP contribution in [0.3, 0.4) is 0 Å². The summed E-state index contributed by atoms with van der Waals surface area (Å²) < 4.78 is 38.5. The summed E-state index contributed by atoms with van der Waals surface area (Å²) in [5.41, 5.74) is 1.09. The van der Waals surface area contributed by atoms with Gasteiger partial charge in [0.15, 0.2) is 0 Å². The molecule has 3 aromatic rings. The Labute approximate surface area is 159 Å². The van der Waals surface area contributed by atoms with Crippen molar-refractivity contribution in [3.05, 3.63) is 84.4 Å².